The molecule has 2 fully saturated rings. The predicted octanol–water partition coefficient (Wildman–Crippen LogP) is -0.764. The van der Waals surface area contributed by atoms with Gasteiger partial charge in [-0.15, -0.1) is 0 Å². The topological polar surface area (TPSA) is 194 Å². The van der Waals surface area contributed by atoms with E-state index in [2.05, 4.69) is 26.1 Å². The lowest BCUT2D eigenvalue weighted by Crippen LogP contribution is -2.76. The highest BCUT2D eigenvalue weighted by molar-refractivity contribution is 6.25. The summed E-state index contributed by atoms with van der Waals surface area (Å²) in [5.41, 5.74) is 2.98. The number of ketones is 2. The fourth-order valence-electron chi connectivity index (χ4n) is 6.35. The summed E-state index contributed by atoms with van der Waals surface area (Å²) in [7, 11) is 3.04. The zero-order valence-electron chi connectivity index (χ0n) is 22.2. The number of carbonyl (C=O) groups excluding carboxylic acids is 3. The van der Waals surface area contributed by atoms with Gasteiger partial charge in [0, 0.05) is 42.1 Å². The number of benzene rings is 1. The van der Waals surface area contributed by atoms with Crippen molar-refractivity contribution < 1.29 is 39.9 Å². The minimum Gasteiger partial charge on any atom is -0.507 e. The second-order valence-corrected chi connectivity index (χ2v) is 12.1. The number of carbonyl (C=O) groups is 3. The van der Waals surface area contributed by atoms with Gasteiger partial charge in [0.1, 0.15) is 17.4 Å². The summed E-state index contributed by atoms with van der Waals surface area (Å²) in [5, 5.41) is 59.6. The van der Waals surface area contributed by atoms with Crippen molar-refractivity contribution in [1.82, 2.24) is 10.2 Å². The maximum Gasteiger partial charge on any atom is 0.230 e. The number of rotatable bonds is 5. The molecule has 8 N–H and O–H groups in total. The van der Waals surface area contributed by atoms with Gasteiger partial charge in [0.2, 0.25) is 11.7 Å². The van der Waals surface area contributed by atoms with Crippen molar-refractivity contribution >= 4 is 23.2 Å². The Balaban J connectivity index is 1.83. The van der Waals surface area contributed by atoms with Crippen molar-refractivity contribution in [2.24, 2.45) is 28.9 Å². The molecular formula is C27H37N3O8. The van der Waals surface area contributed by atoms with Crippen LogP contribution in [0.3, 0.4) is 0 Å². The molecule has 0 bridgehead atoms. The number of nitrogens with one attached hydrogen (secondary N) is 1. The van der Waals surface area contributed by atoms with Gasteiger partial charge in [-0.2, -0.15) is 0 Å². The molecule has 0 saturated heterocycles. The largest absolute Gasteiger partial charge is 0.507 e. The zero-order valence-corrected chi connectivity index (χ0v) is 22.2. The number of Topliss-reactive ketones (excluding diaryl/α,β-unsaturated/α-hetero) is 2. The highest BCUT2D eigenvalue weighted by Crippen LogP contribution is 2.52. The minimum absolute atomic E-state index is 0.00665. The first-order valence-electron chi connectivity index (χ1n) is 12.6. The van der Waals surface area contributed by atoms with Gasteiger partial charge in [0.25, 0.3) is 0 Å². The highest BCUT2D eigenvalue weighted by Gasteiger charge is 2.70. The fourth-order valence-corrected chi connectivity index (χ4v) is 6.35. The van der Waals surface area contributed by atoms with Crippen molar-refractivity contribution in [2.45, 2.75) is 57.6 Å². The van der Waals surface area contributed by atoms with E-state index in [9.17, 15) is 39.9 Å². The molecule has 0 spiro atoms. The van der Waals surface area contributed by atoms with Crippen LogP contribution in [-0.2, 0) is 27.3 Å². The third-order valence-electron chi connectivity index (χ3n) is 8.09. The number of aliphatic hydroxyl groups is 4. The van der Waals surface area contributed by atoms with Gasteiger partial charge in [0.15, 0.2) is 11.4 Å². The van der Waals surface area contributed by atoms with Crippen LogP contribution >= 0.6 is 0 Å². The number of amides is 1. The second-order valence-electron chi connectivity index (χ2n) is 12.1. The predicted molar refractivity (Wildman–Crippen MR) is 137 cm³/mol. The molecule has 0 aliphatic heterocycles. The van der Waals surface area contributed by atoms with Crippen molar-refractivity contribution in [3.8, 4) is 5.75 Å². The number of fused-ring (bicyclic) bond motifs is 3. The standard InChI is InChI=1S/C27H37N3O8/c1-26(2,3)10-29-9-12-7-6-11-8-13-15(21(33)14(11)19(12)31)23(35)27(38)17(20(13)32)18(30(4)5)22(34)16(24(27)36)25(28)37/h6-7,13,16-18,20,22,29,31-34,38H,8-10H2,1-5H3,(H2,28,37)/t13-,16?,17-,18+,20+,22?,27+/m0/s1. The number of aromatic hydroxyl groups is 1. The molecule has 0 aromatic heterocycles. The van der Waals surface area contributed by atoms with Gasteiger partial charge in [-0.1, -0.05) is 32.9 Å². The van der Waals surface area contributed by atoms with E-state index in [0.717, 1.165) is 0 Å². The number of nitrogens with zero attached hydrogens (tertiary/aromatic N) is 1. The summed E-state index contributed by atoms with van der Waals surface area (Å²) in [6.45, 7) is 7.09. The number of hydrogen-bond acceptors (Lipinski definition) is 10. The average Bonchev–Trinajstić information content (AvgIpc) is 2.79. The molecular weight excluding hydrogens is 494 g/mol. The van der Waals surface area contributed by atoms with Crippen molar-refractivity contribution in [1.29, 1.82) is 0 Å². The molecule has 2 saturated carbocycles. The molecule has 1 aromatic carbocycles. The third kappa shape index (κ3) is 4.13. The monoisotopic (exact) mass is 531 g/mol. The van der Waals surface area contributed by atoms with Crippen LogP contribution in [0.15, 0.2) is 17.7 Å². The van der Waals surface area contributed by atoms with Crippen LogP contribution in [0.4, 0.5) is 0 Å². The van der Waals surface area contributed by atoms with Crippen LogP contribution in [-0.4, -0.2) is 92.4 Å². The molecule has 1 aromatic rings. The van der Waals surface area contributed by atoms with Crippen LogP contribution in [0.25, 0.3) is 5.76 Å². The number of primary amides is 1. The smallest absolute Gasteiger partial charge is 0.230 e. The summed E-state index contributed by atoms with van der Waals surface area (Å²) >= 11 is 0. The molecule has 208 valence electrons. The summed E-state index contributed by atoms with van der Waals surface area (Å²) in [6, 6.07) is 2.22. The van der Waals surface area contributed by atoms with Gasteiger partial charge in [-0.3, -0.25) is 14.4 Å². The van der Waals surface area contributed by atoms with E-state index >= 15 is 0 Å². The van der Waals surface area contributed by atoms with Gasteiger partial charge in [-0.05, 0) is 31.5 Å². The Morgan fingerprint density at radius 3 is 2.34 bits per heavy atom. The lowest BCUT2D eigenvalue weighted by Gasteiger charge is -2.55. The van der Waals surface area contributed by atoms with Gasteiger partial charge >= 0.3 is 0 Å². The summed E-state index contributed by atoms with van der Waals surface area (Å²) < 4.78 is 0. The van der Waals surface area contributed by atoms with E-state index < -0.39 is 70.4 Å². The van der Waals surface area contributed by atoms with E-state index in [1.165, 1.54) is 19.0 Å². The quantitative estimate of drug-likeness (QED) is 0.237. The minimum atomic E-state index is -2.92. The SMILES string of the molecule is CN(C)[C@H]1C(O)C(C(N)=O)C(=O)[C@]2(O)C(=O)C3=C(O)c4c(ccc(CNCC(C)(C)C)c4O)C[C@@H]3[C@@H](O)[C@H]12. The number of hydrogen-bond donors (Lipinski definition) is 7. The lowest BCUT2D eigenvalue weighted by atomic mass is 9.53. The molecule has 3 aliphatic rings. The van der Waals surface area contributed by atoms with E-state index in [1.54, 1.807) is 12.1 Å². The van der Waals surface area contributed by atoms with Gasteiger partial charge in [-0.25, -0.2) is 0 Å². The highest BCUT2D eigenvalue weighted by atomic mass is 16.3. The van der Waals surface area contributed by atoms with E-state index in [1.807, 2.05) is 0 Å². The van der Waals surface area contributed by atoms with Crippen LogP contribution in [0.2, 0.25) is 0 Å². The first kappa shape index (κ1) is 28.2. The number of phenolic OH excluding ortho intramolecular Hbond substituents is 1. The fraction of sp³-hybridized carbons (Fsp3) is 0.593. The Hall–Kier alpha value is -2.83. The van der Waals surface area contributed by atoms with Crippen LogP contribution < -0.4 is 11.1 Å². The van der Waals surface area contributed by atoms with Crippen LogP contribution in [0.1, 0.15) is 37.5 Å². The number of likely N-dealkylation sites (N-methyl/N-ethyl adjacent to an activating group) is 1. The molecule has 11 heteroatoms. The molecule has 11 nitrogen and oxygen atoms in total. The van der Waals surface area contributed by atoms with Crippen LogP contribution in [0.5, 0.6) is 5.75 Å². The Bertz CT molecular complexity index is 1220. The number of phenols is 1. The summed E-state index contributed by atoms with van der Waals surface area (Å²) in [4.78, 5) is 40.8. The first-order valence-corrected chi connectivity index (χ1v) is 12.6. The molecule has 3 aliphatic carbocycles. The first-order chi connectivity index (χ1) is 17.5. The second kappa shape index (κ2) is 9.42. The maximum atomic E-state index is 13.9. The summed E-state index contributed by atoms with van der Waals surface area (Å²) in [5.74, 6) is -9.04. The molecule has 38 heavy (non-hydrogen) atoms. The summed E-state index contributed by atoms with van der Waals surface area (Å²) in [6.07, 6.45) is -3.20. The van der Waals surface area contributed by atoms with Gasteiger partial charge in [0.05, 0.1) is 17.8 Å². The maximum absolute atomic E-state index is 13.9. The van der Waals surface area contributed by atoms with E-state index in [4.69, 9.17) is 5.73 Å². The Morgan fingerprint density at radius 1 is 1.16 bits per heavy atom. The molecule has 7 atom stereocenters. The molecule has 0 radical (unpaired) electrons. The number of nitrogens with two attached hydrogens (primary N) is 1. The zero-order chi connectivity index (χ0) is 28.5. The Labute approximate surface area is 220 Å². The Kier molecular flexibility index (Phi) is 6.99. The van der Waals surface area contributed by atoms with Crippen molar-refractivity contribution in [3.05, 3.63) is 34.4 Å². The molecule has 2 unspecified atom stereocenters. The molecule has 1 amide bonds. The van der Waals surface area contributed by atoms with Crippen LogP contribution in [0, 0.1) is 23.2 Å². The lowest BCUT2D eigenvalue weighted by molar-refractivity contribution is -0.198. The van der Waals surface area contributed by atoms with E-state index in [-0.39, 0.29) is 29.7 Å². The van der Waals surface area contributed by atoms with E-state index in [0.29, 0.717) is 17.7 Å². The van der Waals surface area contributed by atoms with Gasteiger partial charge < -0.3 is 41.5 Å². The molecule has 4 rings (SSSR count). The van der Waals surface area contributed by atoms with Crippen molar-refractivity contribution in [3.63, 3.8) is 0 Å². The number of aliphatic hydroxyl groups excluding tert-OH is 3. The third-order valence-corrected chi connectivity index (χ3v) is 8.09. The normalized spacial score (nSPS) is 33.2. The average molecular weight is 532 g/mol. The molecule has 0 heterocycles. The Morgan fingerprint density at radius 2 is 1.79 bits per heavy atom. The van der Waals surface area contributed by atoms with Crippen molar-refractivity contribution in [2.75, 3.05) is 20.6 Å².